The van der Waals surface area contributed by atoms with Gasteiger partial charge < -0.3 is 0 Å². The molecule has 0 saturated carbocycles. The van der Waals surface area contributed by atoms with E-state index in [-0.39, 0.29) is 12.1 Å². The van der Waals surface area contributed by atoms with Crippen LogP contribution in [-0.4, -0.2) is 20.5 Å². The minimum Gasteiger partial charge on any atom is -0.292 e. The van der Waals surface area contributed by atoms with Crippen LogP contribution < -0.4 is 0 Å². The summed E-state index contributed by atoms with van der Waals surface area (Å²) < 4.78 is 28.1. The number of carbonyl (C=O) groups excluding carboxylic acids is 1. The molecule has 0 N–H and O–H groups in total. The molecule has 0 radical (unpaired) electrons. The topological polar surface area (TPSA) is 47.8 Å². The van der Waals surface area contributed by atoms with Crippen LogP contribution in [0.5, 0.6) is 0 Å². The molecule has 0 amide bonds. The van der Waals surface area contributed by atoms with E-state index < -0.39 is 17.4 Å². The standard InChI is InChI=1S/C14H15F2N3O/c1-3-13-17-14(4-2)19(18-13)8-12(20)10-7-9(15)5-6-11(10)16/h5-7H,3-4,8H2,1-2H3. The number of hydrogen-bond acceptors (Lipinski definition) is 3. The van der Waals surface area contributed by atoms with Crippen molar-refractivity contribution >= 4 is 5.78 Å². The fourth-order valence-electron chi connectivity index (χ4n) is 1.90. The third-order valence-corrected chi connectivity index (χ3v) is 2.95. The minimum atomic E-state index is -0.731. The molecule has 1 aromatic heterocycles. The highest BCUT2D eigenvalue weighted by molar-refractivity contribution is 5.96. The van der Waals surface area contributed by atoms with E-state index in [2.05, 4.69) is 10.1 Å². The van der Waals surface area contributed by atoms with Crippen LogP contribution >= 0.6 is 0 Å². The molecule has 0 atom stereocenters. The summed E-state index contributed by atoms with van der Waals surface area (Å²) in [6.07, 6.45) is 1.27. The molecule has 0 saturated heterocycles. The van der Waals surface area contributed by atoms with Gasteiger partial charge in [-0.3, -0.25) is 4.79 Å². The fraction of sp³-hybridized carbons (Fsp3) is 0.357. The summed E-state index contributed by atoms with van der Waals surface area (Å²) in [6.45, 7) is 3.66. The molecule has 2 aromatic rings. The number of hydrogen-bond donors (Lipinski definition) is 0. The maximum atomic E-state index is 13.5. The number of ketones is 1. The molecule has 1 aromatic carbocycles. The van der Waals surface area contributed by atoms with Gasteiger partial charge in [-0.05, 0) is 18.2 Å². The highest BCUT2D eigenvalue weighted by atomic mass is 19.1. The van der Waals surface area contributed by atoms with Gasteiger partial charge in [-0.15, -0.1) is 0 Å². The smallest absolute Gasteiger partial charge is 0.187 e. The van der Waals surface area contributed by atoms with Crippen molar-refractivity contribution < 1.29 is 13.6 Å². The number of benzene rings is 1. The van der Waals surface area contributed by atoms with Gasteiger partial charge in [0.1, 0.15) is 24.0 Å². The second-order valence-corrected chi connectivity index (χ2v) is 4.36. The Labute approximate surface area is 115 Å². The van der Waals surface area contributed by atoms with Crippen molar-refractivity contribution in [3.8, 4) is 0 Å². The van der Waals surface area contributed by atoms with Crippen molar-refractivity contribution in [2.45, 2.75) is 33.2 Å². The van der Waals surface area contributed by atoms with Crippen molar-refractivity contribution in [3.05, 3.63) is 47.0 Å². The van der Waals surface area contributed by atoms with E-state index >= 15 is 0 Å². The van der Waals surface area contributed by atoms with E-state index in [9.17, 15) is 13.6 Å². The van der Waals surface area contributed by atoms with Crippen molar-refractivity contribution in [1.29, 1.82) is 0 Å². The summed E-state index contributed by atoms with van der Waals surface area (Å²) in [5.74, 6) is -0.603. The molecule has 106 valence electrons. The first-order valence-corrected chi connectivity index (χ1v) is 6.46. The van der Waals surface area contributed by atoms with Crippen molar-refractivity contribution in [3.63, 3.8) is 0 Å². The van der Waals surface area contributed by atoms with E-state index in [1.165, 1.54) is 4.68 Å². The summed E-state index contributed by atoms with van der Waals surface area (Å²) in [4.78, 5) is 16.3. The highest BCUT2D eigenvalue weighted by Crippen LogP contribution is 2.12. The molecule has 4 nitrogen and oxygen atoms in total. The molecular formula is C14H15F2N3O. The Morgan fingerprint density at radius 1 is 1.25 bits per heavy atom. The van der Waals surface area contributed by atoms with Crippen molar-refractivity contribution in [1.82, 2.24) is 14.8 Å². The number of nitrogens with zero attached hydrogens (tertiary/aromatic N) is 3. The lowest BCUT2D eigenvalue weighted by atomic mass is 10.1. The van der Waals surface area contributed by atoms with Crippen LogP contribution in [0.25, 0.3) is 0 Å². The quantitative estimate of drug-likeness (QED) is 0.790. The average Bonchev–Trinajstić information content (AvgIpc) is 2.83. The SMILES string of the molecule is CCc1nc(CC)n(CC(=O)c2cc(F)ccc2F)n1. The third kappa shape index (κ3) is 2.89. The summed E-state index contributed by atoms with van der Waals surface area (Å²) in [6, 6.07) is 2.83. The van der Waals surface area contributed by atoms with E-state index in [1.807, 2.05) is 13.8 Å². The van der Waals surface area contributed by atoms with Gasteiger partial charge in [0.2, 0.25) is 0 Å². The Kier molecular flexibility index (Phi) is 4.22. The molecule has 0 bridgehead atoms. The molecular weight excluding hydrogens is 264 g/mol. The second-order valence-electron chi connectivity index (χ2n) is 4.36. The summed E-state index contributed by atoms with van der Waals surface area (Å²) in [7, 11) is 0. The van der Waals surface area contributed by atoms with Gasteiger partial charge in [-0.25, -0.2) is 18.4 Å². The average molecular weight is 279 g/mol. The van der Waals surface area contributed by atoms with E-state index in [1.54, 1.807) is 0 Å². The second kappa shape index (κ2) is 5.90. The first kappa shape index (κ1) is 14.3. The predicted molar refractivity (Wildman–Crippen MR) is 69.5 cm³/mol. The van der Waals surface area contributed by atoms with Gasteiger partial charge in [0.15, 0.2) is 11.6 Å². The maximum Gasteiger partial charge on any atom is 0.187 e. The zero-order valence-electron chi connectivity index (χ0n) is 11.4. The number of Topliss-reactive ketones (excluding diaryl/α,β-unsaturated/α-hetero) is 1. The first-order valence-electron chi connectivity index (χ1n) is 6.46. The molecule has 0 spiro atoms. The Hall–Kier alpha value is -2.11. The Morgan fingerprint density at radius 3 is 2.65 bits per heavy atom. The van der Waals surface area contributed by atoms with Crippen LogP contribution in [0.3, 0.4) is 0 Å². The molecule has 1 heterocycles. The normalized spacial score (nSPS) is 10.8. The van der Waals surface area contributed by atoms with E-state index in [0.29, 0.717) is 24.5 Å². The van der Waals surface area contributed by atoms with Gasteiger partial charge in [-0.1, -0.05) is 13.8 Å². The van der Waals surface area contributed by atoms with Crippen LogP contribution in [0, 0.1) is 11.6 Å². The van der Waals surface area contributed by atoms with E-state index in [4.69, 9.17) is 0 Å². The number of rotatable bonds is 5. The largest absolute Gasteiger partial charge is 0.292 e. The van der Waals surface area contributed by atoms with Crippen molar-refractivity contribution in [2.75, 3.05) is 0 Å². The molecule has 0 unspecified atom stereocenters. The highest BCUT2D eigenvalue weighted by Gasteiger charge is 2.16. The number of aryl methyl sites for hydroxylation is 2. The van der Waals surface area contributed by atoms with Gasteiger partial charge in [0, 0.05) is 12.8 Å². The number of halogens is 2. The summed E-state index contributed by atoms with van der Waals surface area (Å²) >= 11 is 0. The van der Waals surface area contributed by atoms with Crippen LogP contribution in [0.2, 0.25) is 0 Å². The Bertz CT molecular complexity index is 637. The molecule has 0 aliphatic rings. The lowest BCUT2D eigenvalue weighted by molar-refractivity contribution is 0.0961. The summed E-state index contributed by atoms with van der Waals surface area (Å²) in [5.41, 5.74) is -0.263. The van der Waals surface area contributed by atoms with Crippen LogP contribution in [0.4, 0.5) is 8.78 Å². The van der Waals surface area contributed by atoms with Crippen molar-refractivity contribution in [2.24, 2.45) is 0 Å². The zero-order chi connectivity index (χ0) is 14.7. The van der Waals surface area contributed by atoms with Gasteiger partial charge in [0.25, 0.3) is 0 Å². The zero-order valence-corrected chi connectivity index (χ0v) is 11.4. The lowest BCUT2D eigenvalue weighted by Gasteiger charge is -2.05. The summed E-state index contributed by atoms with van der Waals surface area (Å²) in [5, 5.41) is 4.19. The molecule has 6 heteroatoms. The fourth-order valence-corrected chi connectivity index (χ4v) is 1.90. The number of aromatic nitrogens is 3. The van der Waals surface area contributed by atoms with Crippen LogP contribution in [-0.2, 0) is 19.4 Å². The first-order chi connectivity index (χ1) is 9.55. The molecule has 2 rings (SSSR count). The third-order valence-electron chi connectivity index (χ3n) is 2.95. The van der Waals surface area contributed by atoms with Crippen LogP contribution in [0.15, 0.2) is 18.2 Å². The van der Waals surface area contributed by atoms with Crippen LogP contribution in [0.1, 0.15) is 35.9 Å². The molecule has 0 aliphatic heterocycles. The predicted octanol–water partition coefficient (Wildman–Crippen LogP) is 2.56. The van der Waals surface area contributed by atoms with Gasteiger partial charge >= 0.3 is 0 Å². The Morgan fingerprint density at radius 2 is 2.00 bits per heavy atom. The minimum absolute atomic E-state index is 0.142. The van der Waals surface area contributed by atoms with Gasteiger partial charge in [0.05, 0.1) is 5.56 Å². The monoisotopic (exact) mass is 279 g/mol. The Balaban J connectivity index is 2.27. The molecule has 20 heavy (non-hydrogen) atoms. The lowest BCUT2D eigenvalue weighted by Crippen LogP contribution is -2.15. The molecule has 0 aliphatic carbocycles. The van der Waals surface area contributed by atoms with E-state index in [0.717, 1.165) is 18.2 Å². The number of carbonyl (C=O) groups is 1. The maximum absolute atomic E-state index is 13.5. The molecule has 0 fully saturated rings. The van der Waals surface area contributed by atoms with Gasteiger partial charge in [-0.2, -0.15) is 5.10 Å².